The standard InChI is InChI=1S/C20H14N4/c1-3-9-17-14(6-1)12-15-7-2-4-10-18(15)24-19(22-23-20(17)24)16-8-5-11-21-13-16/h1-11,13H,12H2. The van der Waals surface area contributed by atoms with Crippen molar-refractivity contribution in [2.45, 2.75) is 6.42 Å². The fraction of sp³-hybridized carbons (Fsp3) is 0.0500. The summed E-state index contributed by atoms with van der Waals surface area (Å²) < 4.78 is 2.15. The Labute approximate surface area is 139 Å². The van der Waals surface area contributed by atoms with Crippen LogP contribution < -0.4 is 0 Å². The fourth-order valence-electron chi connectivity index (χ4n) is 3.35. The number of aromatic nitrogens is 4. The molecule has 0 N–H and O–H groups in total. The highest BCUT2D eigenvalue weighted by Gasteiger charge is 2.23. The fourth-order valence-corrected chi connectivity index (χ4v) is 3.35. The molecule has 4 nitrogen and oxygen atoms in total. The first-order valence-corrected chi connectivity index (χ1v) is 7.94. The van der Waals surface area contributed by atoms with Crippen LogP contribution >= 0.6 is 0 Å². The summed E-state index contributed by atoms with van der Waals surface area (Å²) >= 11 is 0. The van der Waals surface area contributed by atoms with Crippen molar-refractivity contribution in [1.29, 1.82) is 0 Å². The van der Waals surface area contributed by atoms with Crippen molar-refractivity contribution in [3.05, 3.63) is 84.2 Å². The van der Waals surface area contributed by atoms with E-state index in [9.17, 15) is 0 Å². The molecule has 2 aromatic heterocycles. The number of para-hydroxylation sites is 1. The van der Waals surface area contributed by atoms with Crippen molar-refractivity contribution in [1.82, 2.24) is 19.7 Å². The Morgan fingerprint density at radius 1 is 0.750 bits per heavy atom. The van der Waals surface area contributed by atoms with Crippen LogP contribution in [0.1, 0.15) is 11.1 Å². The number of rotatable bonds is 1. The average molecular weight is 310 g/mol. The van der Waals surface area contributed by atoms with Crippen LogP contribution in [0.4, 0.5) is 0 Å². The number of fused-ring (bicyclic) bond motifs is 5. The van der Waals surface area contributed by atoms with E-state index in [2.05, 4.69) is 68.3 Å². The summed E-state index contributed by atoms with van der Waals surface area (Å²) in [6, 6.07) is 20.8. The molecule has 0 atom stereocenters. The molecule has 4 heteroatoms. The van der Waals surface area contributed by atoms with Crippen molar-refractivity contribution >= 4 is 0 Å². The maximum Gasteiger partial charge on any atom is 0.170 e. The Hall–Kier alpha value is -3.27. The van der Waals surface area contributed by atoms with Gasteiger partial charge in [-0.1, -0.05) is 42.5 Å². The molecule has 0 aliphatic carbocycles. The van der Waals surface area contributed by atoms with Crippen LogP contribution in [0, 0.1) is 0 Å². The summed E-state index contributed by atoms with van der Waals surface area (Å²) in [4.78, 5) is 4.23. The van der Waals surface area contributed by atoms with Crippen molar-refractivity contribution in [3.63, 3.8) is 0 Å². The zero-order valence-corrected chi connectivity index (χ0v) is 12.9. The molecule has 1 aliphatic rings. The molecule has 24 heavy (non-hydrogen) atoms. The number of benzene rings is 2. The van der Waals surface area contributed by atoms with Crippen molar-refractivity contribution in [3.8, 4) is 28.5 Å². The first kappa shape index (κ1) is 13.2. The highest BCUT2D eigenvalue weighted by Crippen LogP contribution is 2.35. The van der Waals surface area contributed by atoms with Crippen LogP contribution in [0.15, 0.2) is 73.1 Å². The van der Waals surface area contributed by atoms with Gasteiger partial charge in [0.05, 0.1) is 5.69 Å². The molecular formula is C20H14N4. The van der Waals surface area contributed by atoms with Crippen LogP contribution in [0.3, 0.4) is 0 Å². The minimum absolute atomic E-state index is 0.822. The minimum Gasteiger partial charge on any atom is -0.275 e. The van der Waals surface area contributed by atoms with Gasteiger partial charge in [-0.15, -0.1) is 10.2 Å². The molecule has 5 rings (SSSR count). The highest BCUT2D eigenvalue weighted by molar-refractivity contribution is 5.72. The number of hydrogen-bond acceptors (Lipinski definition) is 3. The van der Waals surface area contributed by atoms with E-state index >= 15 is 0 Å². The van der Waals surface area contributed by atoms with Gasteiger partial charge in [-0.05, 0) is 29.3 Å². The molecule has 3 heterocycles. The first-order valence-electron chi connectivity index (χ1n) is 7.94. The largest absolute Gasteiger partial charge is 0.275 e. The summed E-state index contributed by atoms with van der Waals surface area (Å²) in [5.74, 6) is 1.71. The van der Waals surface area contributed by atoms with Gasteiger partial charge in [0.25, 0.3) is 0 Å². The Kier molecular flexibility index (Phi) is 2.82. The topological polar surface area (TPSA) is 43.6 Å². The smallest absolute Gasteiger partial charge is 0.170 e. The van der Waals surface area contributed by atoms with Crippen LogP contribution in [0.2, 0.25) is 0 Å². The van der Waals surface area contributed by atoms with E-state index < -0.39 is 0 Å². The maximum atomic E-state index is 4.52. The Bertz CT molecular complexity index is 1030. The van der Waals surface area contributed by atoms with Crippen LogP contribution in [0.25, 0.3) is 28.5 Å². The molecule has 2 aromatic carbocycles. The number of pyridine rings is 1. The molecule has 4 aromatic rings. The van der Waals surface area contributed by atoms with E-state index in [0.717, 1.165) is 34.9 Å². The van der Waals surface area contributed by atoms with E-state index in [0.29, 0.717) is 0 Å². The van der Waals surface area contributed by atoms with Gasteiger partial charge in [-0.2, -0.15) is 0 Å². The maximum absolute atomic E-state index is 4.52. The highest BCUT2D eigenvalue weighted by atomic mass is 15.3. The summed E-state index contributed by atoms with van der Waals surface area (Å²) in [5, 5.41) is 9.00. The van der Waals surface area contributed by atoms with E-state index in [1.54, 1.807) is 6.20 Å². The number of hydrogen-bond donors (Lipinski definition) is 0. The monoisotopic (exact) mass is 310 g/mol. The summed E-state index contributed by atoms with van der Waals surface area (Å²) in [6.07, 6.45) is 4.49. The molecule has 114 valence electrons. The summed E-state index contributed by atoms with van der Waals surface area (Å²) in [5.41, 5.74) is 5.77. The SMILES string of the molecule is c1cncc(-c2nnc3n2-c2ccccc2Cc2ccccc2-3)c1. The third-order valence-electron chi connectivity index (χ3n) is 4.45. The third-order valence-corrected chi connectivity index (χ3v) is 4.45. The quantitative estimate of drug-likeness (QED) is 0.471. The van der Waals surface area contributed by atoms with E-state index in [1.807, 2.05) is 18.3 Å². The normalized spacial score (nSPS) is 12.0. The van der Waals surface area contributed by atoms with Gasteiger partial charge in [0.15, 0.2) is 11.6 Å². The van der Waals surface area contributed by atoms with Gasteiger partial charge in [-0.3, -0.25) is 9.55 Å². The van der Waals surface area contributed by atoms with Gasteiger partial charge in [-0.25, -0.2) is 0 Å². The van der Waals surface area contributed by atoms with Gasteiger partial charge in [0, 0.05) is 29.9 Å². The second kappa shape index (κ2) is 5.13. The lowest BCUT2D eigenvalue weighted by molar-refractivity contribution is 1.05. The predicted molar refractivity (Wildman–Crippen MR) is 92.8 cm³/mol. The molecule has 0 amide bonds. The minimum atomic E-state index is 0.822. The second-order valence-electron chi connectivity index (χ2n) is 5.89. The van der Waals surface area contributed by atoms with Gasteiger partial charge >= 0.3 is 0 Å². The Morgan fingerprint density at radius 3 is 2.42 bits per heavy atom. The average Bonchev–Trinajstić information content (AvgIpc) is 3.02. The van der Waals surface area contributed by atoms with E-state index in [-0.39, 0.29) is 0 Å². The lowest BCUT2D eigenvalue weighted by atomic mass is 10.0. The van der Waals surface area contributed by atoms with Gasteiger partial charge in [0.2, 0.25) is 0 Å². The zero-order chi connectivity index (χ0) is 15.9. The van der Waals surface area contributed by atoms with E-state index in [4.69, 9.17) is 0 Å². The van der Waals surface area contributed by atoms with Crippen molar-refractivity contribution < 1.29 is 0 Å². The molecule has 0 unspecified atom stereocenters. The van der Waals surface area contributed by atoms with Crippen LogP contribution in [-0.4, -0.2) is 19.7 Å². The molecule has 0 fully saturated rings. The Morgan fingerprint density at radius 2 is 1.54 bits per heavy atom. The van der Waals surface area contributed by atoms with Gasteiger partial charge < -0.3 is 0 Å². The molecule has 0 spiro atoms. The molecule has 0 saturated carbocycles. The summed E-state index contributed by atoms with van der Waals surface area (Å²) in [7, 11) is 0. The second-order valence-corrected chi connectivity index (χ2v) is 5.89. The molecule has 0 radical (unpaired) electrons. The first-order chi connectivity index (χ1) is 11.9. The Balaban J connectivity index is 1.88. The van der Waals surface area contributed by atoms with Crippen LogP contribution in [0.5, 0.6) is 0 Å². The van der Waals surface area contributed by atoms with Crippen LogP contribution in [-0.2, 0) is 6.42 Å². The predicted octanol–water partition coefficient (Wildman–Crippen LogP) is 3.90. The molecule has 1 aliphatic heterocycles. The lowest BCUT2D eigenvalue weighted by Crippen LogP contribution is -2.01. The van der Waals surface area contributed by atoms with Crippen molar-refractivity contribution in [2.75, 3.05) is 0 Å². The zero-order valence-electron chi connectivity index (χ0n) is 12.9. The third kappa shape index (κ3) is 1.90. The lowest BCUT2D eigenvalue weighted by Gasteiger charge is -2.11. The van der Waals surface area contributed by atoms with Gasteiger partial charge in [0.1, 0.15) is 0 Å². The summed E-state index contributed by atoms with van der Waals surface area (Å²) in [6.45, 7) is 0. The number of nitrogens with zero attached hydrogens (tertiary/aromatic N) is 4. The van der Waals surface area contributed by atoms with E-state index in [1.165, 1.54) is 11.1 Å². The van der Waals surface area contributed by atoms with Crippen molar-refractivity contribution in [2.24, 2.45) is 0 Å². The molecular weight excluding hydrogens is 296 g/mol. The molecule has 0 saturated heterocycles. The molecule has 0 bridgehead atoms.